The van der Waals surface area contributed by atoms with Gasteiger partial charge in [-0.25, -0.2) is 13.1 Å². The Kier molecular flexibility index (Phi) is 5.93. The summed E-state index contributed by atoms with van der Waals surface area (Å²) in [5.74, 6) is 0.636. The summed E-state index contributed by atoms with van der Waals surface area (Å²) in [5.41, 5.74) is 0. The Morgan fingerprint density at radius 3 is 2.18 bits per heavy atom. The van der Waals surface area contributed by atoms with Crippen LogP contribution in [0.25, 0.3) is 0 Å². The van der Waals surface area contributed by atoms with Crippen LogP contribution >= 0.6 is 0 Å². The number of sulfonamides is 1. The molecule has 1 aliphatic carbocycles. The number of hydrogen-bond donors (Lipinski definition) is 1. The first kappa shape index (κ1) is 15.0. The predicted octanol–water partition coefficient (Wildman–Crippen LogP) is 3.06. The molecule has 102 valence electrons. The van der Waals surface area contributed by atoms with Gasteiger partial charge in [0.15, 0.2) is 0 Å². The second-order valence-corrected chi connectivity index (χ2v) is 7.79. The molecule has 0 aromatic rings. The summed E-state index contributed by atoms with van der Waals surface area (Å²) in [6.45, 7) is 6.31. The van der Waals surface area contributed by atoms with Crippen molar-refractivity contribution in [3.8, 4) is 0 Å². The lowest BCUT2D eigenvalue weighted by Crippen LogP contribution is -2.40. The van der Waals surface area contributed by atoms with E-state index in [0.29, 0.717) is 5.92 Å². The molecule has 1 N–H and O–H groups in total. The Labute approximate surface area is 106 Å². The second kappa shape index (κ2) is 6.74. The molecule has 0 radical (unpaired) electrons. The van der Waals surface area contributed by atoms with Crippen molar-refractivity contribution in [3.05, 3.63) is 0 Å². The minimum Gasteiger partial charge on any atom is -0.212 e. The highest BCUT2D eigenvalue weighted by atomic mass is 32.2. The van der Waals surface area contributed by atoms with E-state index >= 15 is 0 Å². The van der Waals surface area contributed by atoms with Gasteiger partial charge in [0.2, 0.25) is 10.0 Å². The summed E-state index contributed by atoms with van der Waals surface area (Å²) in [5, 5.41) is -0.141. The molecule has 0 saturated heterocycles. The Morgan fingerprint density at radius 2 is 1.65 bits per heavy atom. The quantitative estimate of drug-likeness (QED) is 0.798. The van der Waals surface area contributed by atoms with E-state index in [-0.39, 0.29) is 11.3 Å². The highest BCUT2D eigenvalue weighted by molar-refractivity contribution is 7.90. The Hall–Kier alpha value is -0.0900. The van der Waals surface area contributed by atoms with E-state index in [1.807, 2.05) is 6.92 Å². The molecule has 17 heavy (non-hydrogen) atoms. The van der Waals surface area contributed by atoms with Gasteiger partial charge in [-0.05, 0) is 38.5 Å². The third kappa shape index (κ3) is 5.38. The summed E-state index contributed by atoms with van der Waals surface area (Å²) in [7, 11) is -3.08. The first-order valence-electron chi connectivity index (χ1n) is 6.93. The van der Waals surface area contributed by atoms with Gasteiger partial charge in [0.25, 0.3) is 0 Å². The summed E-state index contributed by atoms with van der Waals surface area (Å²) in [4.78, 5) is 0. The molecule has 0 spiro atoms. The van der Waals surface area contributed by atoms with Crippen molar-refractivity contribution in [2.45, 2.75) is 77.0 Å². The molecule has 0 aromatic carbocycles. The first-order chi connectivity index (χ1) is 7.92. The fourth-order valence-corrected chi connectivity index (χ4v) is 4.22. The van der Waals surface area contributed by atoms with Gasteiger partial charge in [-0.1, -0.05) is 33.1 Å². The van der Waals surface area contributed by atoms with E-state index in [0.717, 1.165) is 38.5 Å². The van der Waals surface area contributed by atoms with Crippen LogP contribution in [0.15, 0.2) is 0 Å². The third-order valence-electron chi connectivity index (χ3n) is 3.53. The first-order valence-corrected chi connectivity index (χ1v) is 8.47. The lowest BCUT2D eigenvalue weighted by atomic mass is 10.0. The van der Waals surface area contributed by atoms with E-state index in [1.165, 1.54) is 6.42 Å². The van der Waals surface area contributed by atoms with E-state index < -0.39 is 10.0 Å². The predicted molar refractivity (Wildman–Crippen MR) is 72.5 cm³/mol. The van der Waals surface area contributed by atoms with Gasteiger partial charge in [-0.2, -0.15) is 0 Å². The molecule has 1 fully saturated rings. The Morgan fingerprint density at radius 1 is 1.06 bits per heavy atom. The Bertz CT molecular complexity index is 305. The van der Waals surface area contributed by atoms with Crippen LogP contribution in [0.4, 0.5) is 0 Å². The normalized spacial score (nSPS) is 20.7. The van der Waals surface area contributed by atoms with Crippen LogP contribution in [0.3, 0.4) is 0 Å². The SMILES string of the molecule is CC(C)CC[C@@H](C)NS(=O)(=O)C1CCCCC1. The molecule has 0 aromatic heterocycles. The molecule has 0 unspecified atom stereocenters. The summed E-state index contributed by atoms with van der Waals surface area (Å²) in [6, 6.07) is 0.0735. The van der Waals surface area contributed by atoms with Crippen molar-refractivity contribution >= 4 is 10.0 Å². The summed E-state index contributed by atoms with van der Waals surface area (Å²) >= 11 is 0. The molecule has 1 aliphatic rings. The minimum absolute atomic E-state index is 0.0735. The average Bonchev–Trinajstić information content (AvgIpc) is 2.27. The Balaban J connectivity index is 2.42. The highest BCUT2D eigenvalue weighted by Gasteiger charge is 2.28. The molecule has 1 atom stereocenters. The van der Waals surface area contributed by atoms with Gasteiger partial charge in [0, 0.05) is 6.04 Å². The zero-order valence-corrected chi connectivity index (χ0v) is 12.2. The van der Waals surface area contributed by atoms with Crippen molar-refractivity contribution in [3.63, 3.8) is 0 Å². The number of rotatable bonds is 6. The smallest absolute Gasteiger partial charge is 0.212 e. The van der Waals surface area contributed by atoms with Crippen molar-refractivity contribution < 1.29 is 8.42 Å². The maximum atomic E-state index is 12.1. The van der Waals surface area contributed by atoms with Gasteiger partial charge in [0.05, 0.1) is 5.25 Å². The molecular weight excluding hydrogens is 234 g/mol. The molecule has 0 amide bonds. The highest BCUT2D eigenvalue weighted by Crippen LogP contribution is 2.23. The van der Waals surface area contributed by atoms with Gasteiger partial charge in [-0.3, -0.25) is 0 Å². The molecule has 1 rings (SSSR count). The van der Waals surface area contributed by atoms with Crippen LogP contribution in [-0.4, -0.2) is 19.7 Å². The van der Waals surface area contributed by atoms with Crippen LogP contribution < -0.4 is 4.72 Å². The van der Waals surface area contributed by atoms with E-state index in [2.05, 4.69) is 18.6 Å². The molecule has 0 heterocycles. The third-order valence-corrected chi connectivity index (χ3v) is 5.61. The van der Waals surface area contributed by atoms with Crippen LogP contribution in [0.1, 0.15) is 65.7 Å². The lowest BCUT2D eigenvalue weighted by molar-refractivity contribution is 0.456. The van der Waals surface area contributed by atoms with Crippen molar-refractivity contribution in [1.29, 1.82) is 0 Å². The van der Waals surface area contributed by atoms with Crippen LogP contribution in [-0.2, 0) is 10.0 Å². The second-order valence-electron chi connectivity index (χ2n) is 5.80. The topological polar surface area (TPSA) is 46.2 Å². The molecule has 1 saturated carbocycles. The lowest BCUT2D eigenvalue weighted by Gasteiger charge is -2.24. The largest absolute Gasteiger partial charge is 0.214 e. The average molecular weight is 261 g/mol. The zero-order chi connectivity index (χ0) is 12.9. The molecular formula is C13H27NO2S. The maximum Gasteiger partial charge on any atom is 0.214 e. The summed E-state index contributed by atoms with van der Waals surface area (Å²) in [6.07, 6.45) is 7.00. The van der Waals surface area contributed by atoms with Crippen molar-refractivity contribution in [2.75, 3.05) is 0 Å². The maximum absolute atomic E-state index is 12.1. The summed E-state index contributed by atoms with van der Waals surface area (Å²) < 4.78 is 27.1. The van der Waals surface area contributed by atoms with E-state index in [9.17, 15) is 8.42 Å². The number of hydrogen-bond acceptors (Lipinski definition) is 2. The monoisotopic (exact) mass is 261 g/mol. The fraction of sp³-hybridized carbons (Fsp3) is 1.00. The standard InChI is InChI=1S/C13H27NO2S/c1-11(2)9-10-12(3)14-17(15,16)13-7-5-4-6-8-13/h11-14H,4-10H2,1-3H3/t12-/m1/s1. The van der Waals surface area contributed by atoms with Crippen LogP contribution in [0.2, 0.25) is 0 Å². The van der Waals surface area contributed by atoms with E-state index in [1.54, 1.807) is 0 Å². The molecule has 4 heteroatoms. The van der Waals surface area contributed by atoms with Gasteiger partial charge < -0.3 is 0 Å². The molecule has 3 nitrogen and oxygen atoms in total. The van der Waals surface area contributed by atoms with Crippen LogP contribution in [0, 0.1) is 5.92 Å². The van der Waals surface area contributed by atoms with Gasteiger partial charge in [-0.15, -0.1) is 0 Å². The zero-order valence-electron chi connectivity index (χ0n) is 11.4. The van der Waals surface area contributed by atoms with Crippen molar-refractivity contribution in [1.82, 2.24) is 4.72 Å². The fourth-order valence-electron chi connectivity index (χ4n) is 2.39. The van der Waals surface area contributed by atoms with E-state index in [4.69, 9.17) is 0 Å². The molecule has 0 aliphatic heterocycles. The van der Waals surface area contributed by atoms with Gasteiger partial charge in [0.1, 0.15) is 0 Å². The minimum atomic E-state index is -3.08. The molecule has 0 bridgehead atoms. The van der Waals surface area contributed by atoms with Crippen molar-refractivity contribution in [2.24, 2.45) is 5.92 Å². The van der Waals surface area contributed by atoms with Gasteiger partial charge >= 0.3 is 0 Å². The van der Waals surface area contributed by atoms with Crippen LogP contribution in [0.5, 0.6) is 0 Å². The number of nitrogens with one attached hydrogen (secondary N) is 1.